The van der Waals surface area contributed by atoms with Gasteiger partial charge in [-0.1, -0.05) is 26.2 Å². The van der Waals surface area contributed by atoms with Crippen molar-refractivity contribution < 1.29 is 19.1 Å². The lowest BCUT2D eigenvalue weighted by Crippen LogP contribution is -2.08. The van der Waals surface area contributed by atoms with Gasteiger partial charge in [-0.15, -0.1) is 0 Å². The van der Waals surface area contributed by atoms with Crippen LogP contribution in [0.4, 0.5) is 0 Å². The van der Waals surface area contributed by atoms with Crippen molar-refractivity contribution >= 4 is 11.9 Å². The Morgan fingerprint density at radius 3 is 2.10 bits per heavy atom. The number of benzene rings is 1. The van der Waals surface area contributed by atoms with E-state index in [0.717, 1.165) is 30.4 Å². The van der Waals surface area contributed by atoms with Crippen molar-refractivity contribution in [2.24, 2.45) is 0 Å². The first-order valence-electron chi connectivity index (χ1n) is 7.45. The van der Waals surface area contributed by atoms with Crippen molar-refractivity contribution in [1.82, 2.24) is 0 Å². The molecule has 0 heterocycles. The van der Waals surface area contributed by atoms with Crippen LogP contribution >= 0.6 is 0 Å². The number of carbonyl (C=O) groups excluding carboxylic acids is 2. The van der Waals surface area contributed by atoms with Gasteiger partial charge in [-0.25, -0.2) is 0 Å². The third-order valence-electron chi connectivity index (χ3n) is 3.29. The zero-order valence-electron chi connectivity index (χ0n) is 13.3. The van der Waals surface area contributed by atoms with Crippen molar-refractivity contribution in [3.05, 3.63) is 23.3 Å². The molecule has 116 valence electrons. The molecule has 0 aromatic heterocycles. The lowest BCUT2D eigenvalue weighted by atomic mass is 10.00. The summed E-state index contributed by atoms with van der Waals surface area (Å²) in [5.74, 6) is 0.399. The first-order valence-corrected chi connectivity index (χ1v) is 7.45. The highest BCUT2D eigenvalue weighted by molar-refractivity contribution is 5.72. The molecule has 1 aromatic rings. The summed E-state index contributed by atoms with van der Waals surface area (Å²) in [6.07, 6.45) is 5.32. The minimum Gasteiger partial charge on any atom is -0.426 e. The third-order valence-corrected chi connectivity index (χ3v) is 3.29. The lowest BCUT2D eigenvalue weighted by Gasteiger charge is -2.15. The third kappa shape index (κ3) is 5.58. The summed E-state index contributed by atoms with van der Waals surface area (Å²) < 4.78 is 10.5. The second-order valence-corrected chi connectivity index (χ2v) is 5.16. The fraction of sp³-hybridized carbons (Fsp3) is 0.529. The highest BCUT2D eigenvalue weighted by atomic mass is 16.5. The molecule has 1 aromatic carbocycles. The fourth-order valence-corrected chi connectivity index (χ4v) is 2.27. The molecule has 0 bridgehead atoms. The predicted molar refractivity (Wildman–Crippen MR) is 81.6 cm³/mol. The Morgan fingerprint density at radius 2 is 1.52 bits per heavy atom. The van der Waals surface area contributed by atoms with Crippen molar-refractivity contribution in [3.63, 3.8) is 0 Å². The lowest BCUT2D eigenvalue weighted by molar-refractivity contribution is -0.133. The van der Waals surface area contributed by atoms with Crippen LogP contribution in [0.2, 0.25) is 0 Å². The Hall–Kier alpha value is -1.84. The van der Waals surface area contributed by atoms with Crippen molar-refractivity contribution in [2.75, 3.05) is 0 Å². The minimum atomic E-state index is -0.352. The maximum absolute atomic E-state index is 11.2. The molecule has 1 rings (SSSR count). The molecule has 0 radical (unpaired) electrons. The number of hydrogen-bond acceptors (Lipinski definition) is 4. The van der Waals surface area contributed by atoms with E-state index in [0.29, 0.717) is 11.5 Å². The molecule has 4 heteroatoms. The summed E-state index contributed by atoms with van der Waals surface area (Å²) >= 11 is 0. The van der Waals surface area contributed by atoms with E-state index in [1.807, 2.05) is 6.92 Å². The zero-order valence-corrected chi connectivity index (χ0v) is 13.3. The van der Waals surface area contributed by atoms with Crippen LogP contribution in [0.5, 0.6) is 11.5 Å². The van der Waals surface area contributed by atoms with E-state index in [-0.39, 0.29) is 11.9 Å². The molecule has 0 saturated carbocycles. The number of carbonyl (C=O) groups is 2. The summed E-state index contributed by atoms with van der Waals surface area (Å²) in [6.45, 7) is 6.81. The average molecular weight is 292 g/mol. The van der Waals surface area contributed by atoms with Crippen LogP contribution < -0.4 is 9.47 Å². The predicted octanol–water partition coefficient (Wildman–Crippen LogP) is 3.97. The minimum absolute atomic E-state index is 0.343. The second-order valence-electron chi connectivity index (χ2n) is 5.16. The molecule has 0 aliphatic carbocycles. The summed E-state index contributed by atoms with van der Waals surface area (Å²) in [7, 11) is 0. The van der Waals surface area contributed by atoms with Gasteiger partial charge < -0.3 is 9.47 Å². The molecular weight excluding hydrogens is 268 g/mol. The molecule has 0 unspecified atom stereocenters. The van der Waals surface area contributed by atoms with Crippen LogP contribution in [0.25, 0.3) is 0 Å². The Labute approximate surface area is 126 Å². The molecule has 0 spiro atoms. The standard InChI is InChI=1S/C17H24O4/c1-5-6-7-8-9-15-12(2)16(20-13(3)18)10-11-17(15)21-14(4)19/h10-11H,5-9H2,1-4H3. The quantitative estimate of drug-likeness (QED) is 0.433. The van der Waals surface area contributed by atoms with Crippen LogP contribution in [0.15, 0.2) is 12.1 Å². The molecule has 0 aliphatic heterocycles. The van der Waals surface area contributed by atoms with E-state index in [2.05, 4.69) is 6.92 Å². The summed E-state index contributed by atoms with van der Waals surface area (Å²) in [5, 5.41) is 0. The smallest absolute Gasteiger partial charge is 0.308 e. The van der Waals surface area contributed by atoms with Gasteiger partial charge in [0.2, 0.25) is 0 Å². The van der Waals surface area contributed by atoms with E-state index in [9.17, 15) is 9.59 Å². The molecule has 0 amide bonds. The van der Waals surface area contributed by atoms with Crippen molar-refractivity contribution in [2.45, 2.75) is 59.8 Å². The SMILES string of the molecule is CCCCCCc1c(OC(C)=O)ccc(OC(C)=O)c1C. The number of hydrogen-bond donors (Lipinski definition) is 0. The zero-order chi connectivity index (χ0) is 15.8. The largest absolute Gasteiger partial charge is 0.426 e. The van der Waals surface area contributed by atoms with Gasteiger partial charge in [0.05, 0.1) is 0 Å². The highest BCUT2D eigenvalue weighted by Crippen LogP contribution is 2.31. The molecule has 21 heavy (non-hydrogen) atoms. The molecule has 0 N–H and O–H groups in total. The number of esters is 2. The van der Waals surface area contributed by atoms with E-state index in [4.69, 9.17) is 9.47 Å². The van der Waals surface area contributed by atoms with E-state index >= 15 is 0 Å². The maximum atomic E-state index is 11.2. The Morgan fingerprint density at radius 1 is 0.952 bits per heavy atom. The van der Waals surface area contributed by atoms with Gasteiger partial charge in [0, 0.05) is 19.4 Å². The molecular formula is C17H24O4. The van der Waals surface area contributed by atoms with Gasteiger partial charge in [0.15, 0.2) is 0 Å². The number of rotatable bonds is 7. The van der Waals surface area contributed by atoms with Gasteiger partial charge in [-0.05, 0) is 37.5 Å². The highest BCUT2D eigenvalue weighted by Gasteiger charge is 2.14. The van der Waals surface area contributed by atoms with Crippen molar-refractivity contribution in [1.29, 1.82) is 0 Å². The summed E-state index contributed by atoms with van der Waals surface area (Å²) in [6, 6.07) is 3.37. The molecule has 0 atom stereocenters. The normalized spacial score (nSPS) is 10.3. The van der Waals surface area contributed by atoms with Crippen LogP contribution in [0.3, 0.4) is 0 Å². The Bertz CT molecular complexity index is 506. The topological polar surface area (TPSA) is 52.6 Å². The average Bonchev–Trinajstić information content (AvgIpc) is 2.39. The molecule has 0 fully saturated rings. The van der Waals surface area contributed by atoms with Crippen LogP contribution in [0, 0.1) is 6.92 Å². The molecule has 0 aliphatic rings. The van der Waals surface area contributed by atoms with Gasteiger partial charge in [0.25, 0.3) is 0 Å². The van der Waals surface area contributed by atoms with E-state index < -0.39 is 0 Å². The Kier molecular flexibility index (Phi) is 6.92. The number of ether oxygens (including phenoxy) is 2. The number of unbranched alkanes of at least 4 members (excludes halogenated alkanes) is 3. The first-order chi connectivity index (χ1) is 9.95. The summed E-state index contributed by atoms with van der Waals surface area (Å²) in [4.78, 5) is 22.3. The van der Waals surface area contributed by atoms with Gasteiger partial charge in [-0.2, -0.15) is 0 Å². The monoisotopic (exact) mass is 292 g/mol. The van der Waals surface area contributed by atoms with E-state index in [1.165, 1.54) is 26.7 Å². The molecule has 4 nitrogen and oxygen atoms in total. The van der Waals surface area contributed by atoms with Crippen LogP contribution in [0.1, 0.15) is 57.6 Å². The van der Waals surface area contributed by atoms with Gasteiger partial charge in [-0.3, -0.25) is 9.59 Å². The van der Waals surface area contributed by atoms with Crippen LogP contribution in [-0.4, -0.2) is 11.9 Å². The molecule has 0 saturated heterocycles. The summed E-state index contributed by atoms with van der Waals surface area (Å²) in [5.41, 5.74) is 1.81. The van der Waals surface area contributed by atoms with Gasteiger partial charge in [0.1, 0.15) is 11.5 Å². The van der Waals surface area contributed by atoms with E-state index in [1.54, 1.807) is 12.1 Å². The first kappa shape index (κ1) is 17.2. The second kappa shape index (κ2) is 8.45. The van der Waals surface area contributed by atoms with Gasteiger partial charge >= 0.3 is 11.9 Å². The Balaban J connectivity index is 2.99. The fourth-order valence-electron chi connectivity index (χ4n) is 2.27. The maximum Gasteiger partial charge on any atom is 0.308 e. The van der Waals surface area contributed by atoms with Crippen LogP contribution in [-0.2, 0) is 16.0 Å². The van der Waals surface area contributed by atoms with Crippen molar-refractivity contribution in [3.8, 4) is 11.5 Å².